The second-order valence-corrected chi connectivity index (χ2v) is 26.6. The van der Waals surface area contributed by atoms with Crippen LogP contribution in [0.3, 0.4) is 0 Å². The lowest BCUT2D eigenvalue weighted by Crippen LogP contribution is -2.59. The summed E-state index contributed by atoms with van der Waals surface area (Å²) in [5, 5.41) is 4.34. The summed E-state index contributed by atoms with van der Waals surface area (Å²) in [6, 6.07) is 14.5. The van der Waals surface area contributed by atoms with E-state index in [9.17, 15) is 4.79 Å². The molecule has 0 amide bonds. The molecule has 30 atom stereocenters. The summed E-state index contributed by atoms with van der Waals surface area (Å²) in [6.07, 6.45) is 19.3. The average molecular weight is 797 g/mol. The van der Waals surface area contributed by atoms with Crippen LogP contribution in [0.15, 0.2) is 70.5 Å². The molecular weight excluding hydrogens is 737 g/mol. The van der Waals surface area contributed by atoms with Gasteiger partial charge in [0.1, 0.15) is 0 Å². The third-order valence-electron chi connectivity index (χ3n) is 26.3. The Bertz CT molecular complexity index is 2380. The molecule has 17 aliphatic rings. The minimum atomic E-state index is 0.0553. The third-order valence-corrected chi connectivity index (χ3v) is 27.0. The Labute approximate surface area is 354 Å². The number of ether oxygens (including phenoxy) is 1. The van der Waals surface area contributed by atoms with E-state index in [4.69, 9.17) is 4.74 Å². The summed E-state index contributed by atoms with van der Waals surface area (Å²) in [4.78, 5) is 13.6. The number of carbonyl (C=O) groups excluding carboxylic acids is 1. The molecule has 1 heterocycles. The van der Waals surface area contributed by atoms with Gasteiger partial charge in [-0.05, 0) is 250 Å². The highest BCUT2D eigenvalue weighted by Crippen LogP contribution is 2.98. The number of esters is 1. The van der Waals surface area contributed by atoms with Gasteiger partial charge in [0, 0.05) is 18.3 Å². The number of allylic oxidation sites excluding steroid dienone is 4. The van der Waals surface area contributed by atoms with Crippen LogP contribution in [0.2, 0.25) is 0 Å². The van der Waals surface area contributed by atoms with Gasteiger partial charge < -0.3 is 4.74 Å². The highest BCUT2D eigenvalue weighted by atomic mass is 32.1. The SMILES string of the molecule is O=C(CCCC1(c2ccccc2)C2C3CC4CC5CC6CC7=CC8CC9=CC%10CC21C1C%10C2C9C9C8C7C7C6C6C5C4C4C3C1C1C2C9C7C6C41)OCCc1ccsc1. The van der Waals surface area contributed by atoms with Crippen LogP contribution in [0.25, 0.3) is 0 Å². The number of hydrogen-bond donors (Lipinski definition) is 0. The van der Waals surface area contributed by atoms with Crippen LogP contribution in [-0.4, -0.2) is 12.6 Å². The van der Waals surface area contributed by atoms with E-state index in [0.717, 1.165) is 179 Å². The van der Waals surface area contributed by atoms with Gasteiger partial charge in [-0.3, -0.25) is 4.79 Å². The van der Waals surface area contributed by atoms with Gasteiger partial charge in [0.05, 0.1) is 6.61 Å². The van der Waals surface area contributed by atoms with Crippen LogP contribution in [0.4, 0.5) is 0 Å². The molecule has 3 heteroatoms. The molecule has 302 valence electrons. The lowest BCUT2D eigenvalue weighted by Gasteiger charge is -2.62. The van der Waals surface area contributed by atoms with Crippen molar-refractivity contribution in [2.75, 3.05) is 6.61 Å². The maximum Gasteiger partial charge on any atom is 0.305 e. The van der Waals surface area contributed by atoms with E-state index >= 15 is 0 Å². The fourth-order valence-electron chi connectivity index (χ4n) is 27.6. The van der Waals surface area contributed by atoms with Crippen molar-refractivity contribution < 1.29 is 9.53 Å². The molecule has 30 unspecified atom stereocenters. The number of rotatable bonds is 8. The Balaban J connectivity index is 0.814. The quantitative estimate of drug-likeness (QED) is 0.196. The van der Waals surface area contributed by atoms with E-state index < -0.39 is 0 Å². The van der Waals surface area contributed by atoms with Crippen molar-refractivity contribution in [3.8, 4) is 0 Å². The number of hydrogen-bond acceptors (Lipinski definition) is 3. The Hall–Kier alpha value is -2.13. The minimum Gasteiger partial charge on any atom is -0.465 e. The predicted molar refractivity (Wildman–Crippen MR) is 225 cm³/mol. The van der Waals surface area contributed by atoms with Crippen molar-refractivity contribution in [3.63, 3.8) is 0 Å². The summed E-state index contributed by atoms with van der Waals surface area (Å²) in [5.41, 5.74) is 7.84. The second kappa shape index (κ2) is 9.67. The fourth-order valence-corrected chi connectivity index (χ4v) is 28.3. The Kier molecular flexibility index (Phi) is 5.19. The first-order valence-electron chi connectivity index (χ1n) is 25.8. The molecule has 15 saturated carbocycles. The zero-order valence-electron chi connectivity index (χ0n) is 34.4. The second-order valence-electron chi connectivity index (χ2n) is 25.9. The summed E-state index contributed by atoms with van der Waals surface area (Å²) in [6.45, 7) is 0.530. The van der Waals surface area contributed by atoms with Crippen LogP contribution in [0.5, 0.6) is 0 Å². The molecule has 2 nitrogen and oxygen atoms in total. The van der Waals surface area contributed by atoms with Gasteiger partial charge >= 0.3 is 5.97 Å². The van der Waals surface area contributed by atoms with Crippen LogP contribution < -0.4 is 0 Å². The molecule has 15 fully saturated rings. The summed E-state index contributed by atoms with van der Waals surface area (Å²) < 4.78 is 5.99. The van der Waals surface area contributed by atoms with Gasteiger partial charge in [-0.25, -0.2) is 0 Å². The molecule has 0 bridgehead atoms. The van der Waals surface area contributed by atoms with Gasteiger partial charge in [0.15, 0.2) is 0 Å². The number of fused-ring (bicyclic) bond motifs is 1. The lowest BCUT2D eigenvalue weighted by atomic mass is 9.42. The number of thiophene rings is 1. The molecule has 17 aliphatic carbocycles. The van der Waals surface area contributed by atoms with Crippen molar-refractivity contribution in [1.29, 1.82) is 0 Å². The monoisotopic (exact) mass is 796 g/mol. The van der Waals surface area contributed by atoms with Crippen LogP contribution >= 0.6 is 11.3 Å². The van der Waals surface area contributed by atoms with Crippen molar-refractivity contribution in [3.05, 3.63) is 81.6 Å². The molecule has 0 aliphatic heterocycles. The predicted octanol–water partition coefficient (Wildman–Crippen LogP) is 10.6. The van der Waals surface area contributed by atoms with E-state index in [2.05, 4.69) is 70.5 Å². The molecule has 1 spiro atoms. The Morgan fingerprint density at radius 3 is 2.19 bits per heavy atom. The van der Waals surface area contributed by atoms with Crippen LogP contribution in [0, 0.1) is 171 Å². The van der Waals surface area contributed by atoms with E-state index in [1.54, 1.807) is 42.6 Å². The average Bonchev–Trinajstić information content (AvgIpc) is 4.03. The molecule has 59 heavy (non-hydrogen) atoms. The molecule has 19 rings (SSSR count). The maximum atomic E-state index is 13.6. The molecule has 0 radical (unpaired) electrons. The van der Waals surface area contributed by atoms with Gasteiger partial charge in [-0.2, -0.15) is 11.3 Å². The maximum absolute atomic E-state index is 13.6. The zero-order valence-corrected chi connectivity index (χ0v) is 35.3. The first-order valence-corrected chi connectivity index (χ1v) is 26.7. The summed E-state index contributed by atoms with van der Waals surface area (Å²) in [5.74, 6) is 29.2. The van der Waals surface area contributed by atoms with Crippen LogP contribution in [-0.2, 0) is 21.4 Å². The van der Waals surface area contributed by atoms with E-state index in [-0.39, 0.29) is 11.4 Å². The topological polar surface area (TPSA) is 26.3 Å². The smallest absolute Gasteiger partial charge is 0.305 e. The summed E-state index contributed by atoms with van der Waals surface area (Å²) >= 11 is 1.74. The molecule has 0 N–H and O–H groups in total. The van der Waals surface area contributed by atoms with E-state index in [1.807, 2.05) is 0 Å². The van der Waals surface area contributed by atoms with Crippen molar-refractivity contribution in [2.24, 2.45) is 171 Å². The van der Waals surface area contributed by atoms with Gasteiger partial charge in [-0.1, -0.05) is 53.6 Å². The molecule has 0 saturated heterocycles. The minimum absolute atomic E-state index is 0.0553. The van der Waals surface area contributed by atoms with E-state index in [1.165, 1.54) is 24.8 Å². The van der Waals surface area contributed by atoms with Crippen molar-refractivity contribution in [1.82, 2.24) is 0 Å². The number of carbonyl (C=O) groups is 1. The molecule has 2 aromatic rings. The van der Waals surface area contributed by atoms with Gasteiger partial charge in [-0.15, -0.1) is 0 Å². The first-order chi connectivity index (χ1) is 29.2. The summed E-state index contributed by atoms with van der Waals surface area (Å²) in [7, 11) is 0. The molecule has 1 aromatic heterocycles. The highest BCUT2D eigenvalue weighted by molar-refractivity contribution is 7.07. The largest absolute Gasteiger partial charge is 0.465 e. The van der Waals surface area contributed by atoms with Gasteiger partial charge in [0.25, 0.3) is 0 Å². The lowest BCUT2D eigenvalue weighted by molar-refractivity contribution is -0.151. The zero-order chi connectivity index (χ0) is 37.3. The molecular formula is C56H60O2S. The standard InChI is InChI=1S/C56H60O2S/c57-32(58-11-8-22-9-12-59-21-22)7-4-10-55(30-5-2-1-3-6-30)54-31-19-28-17-25-15-26-14-23-13-24-16-27-18-29-20-56(54,55)53-39(29)44-38(27)43-34(24)33(23)41-37(26)42-35(25)36(28)45-40(31)52(53)51-49(44)47(43)46(41)48(42)50(45)51/h1-3,5-6,9,12-13,18,21,24-26,28-29,31,33-54H,4,7-8,10-11,14-17,19-20H2. The fraction of sp³-hybridized carbons (Fsp3) is 0.732. The van der Waals surface area contributed by atoms with Crippen LogP contribution in [0.1, 0.15) is 68.9 Å². The van der Waals surface area contributed by atoms with E-state index in [0.29, 0.717) is 18.4 Å². The Morgan fingerprint density at radius 2 is 1.34 bits per heavy atom. The Morgan fingerprint density at radius 1 is 0.661 bits per heavy atom. The van der Waals surface area contributed by atoms with Gasteiger partial charge in [0.2, 0.25) is 0 Å². The van der Waals surface area contributed by atoms with Crippen molar-refractivity contribution >= 4 is 17.3 Å². The first kappa shape index (κ1) is 31.7. The number of benzene rings is 1. The molecule has 1 aromatic carbocycles. The normalized spacial score (nSPS) is 65.3. The highest BCUT2D eigenvalue weighted by Gasteiger charge is 2.94. The third kappa shape index (κ3) is 2.96. The van der Waals surface area contributed by atoms with Crippen molar-refractivity contribution in [2.45, 2.75) is 69.6 Å².